The molecule has 0 saturated heterocycles. The molecule has 4 N–H and O–H groups in total. The number of nitrogens with two attached hydrogens (primary N) is 1. The number of carbonyl (C=O) groups is 3. The van der Waals surface area contributed by atoms with Gasteiger partial charge in [0.1, 0.15) is 11.8 Å². The van der Waals surface area contributed by atoms with Crippen molar-refractivity contribution in [1.29, 1.82) is 0 Å². The van der Waals surface area contributed by atoms with Crippen molar-refractivity contribution in [3.05, 3.63) is 0 Å². The molecule has 0 spiro atoms. The summed E-state index contributed by atoms with van der Waals surface area (Å²) in [6.07, 6.45) is 3.66. The van der Waals surface area contributed by atoms with Crippen molar-refractivity contribution in [3.63, 3.8) is 0 Å². The highest BCUT2D eigenvalue weighted by Gasteiger charge is 2.30. The number of unbranched alkanes of at least 4 members (excludes halogenated alkanes) is 1. The Hall–Kier alpha value is -1.43. The monoisotopic (exact) mass is 256 g/mol. The summed E-state index contributed by atoms with van der Waals surface area (Å²) in [7, 11) is 0. The van der Waals surface area contributed by atoms with E-state index in [1.165, 1.54) is 0 Å². The lowest BCUT2D eigenvalue weighted by Gasteiger charge is -2.10. The summed E-state index contributed by atoms with van der Waals surface area (Å²) >= 11 is 0. The van der Waals surface area contributed by atoms with Gasteiger partial charge in [-0.2, -0.15) is 0 Å². The van der Waals surface area contributed by atoms with E-state index >= 15 is 0 Å². The van der Waals surface area contributed by atoms with E-state index in [-0.39, 0.29) is 11.7 Å². The van der Waals surface area contributed by atoms with Gasteiger partial charge in [0.25, 0.3) is 0 Å². The number of hydrogen-bond acceptors (Lipinski definition) is 4. The summed E-state index contributed by atoms with van der Waals surface area (Å²) in [6, 6.07) is -0.836. The van der Waals surface area contributed by atoms with E-state index in [2.05, 4.69) is 5.32 Å². The van der Waals surface area contributed by atoms with E-state index in [1.54, 1.807) is 0 Å². The molecule has 1 fully saturated rings. The van der Waals surface area contributed by atoms with Crippen LogP contribution in [0.1, 0.15) is 38.5 Å². The molecule has 6 nitrogen and oxygen atoms in total. The molecule has 0 radical (unpaired) electrons. The molecule has 102 valence electrons. The van der Waals surface area contributed by atoms with Crippen molar-refractivity contribution in [1.82, 2.24) is 5.32 Å². The van der Waals surface area contributed by atoms with Crippen LogP contribution in [0.2, 0.25) is 0 Å². The highest BCUT2D eigenvalue weighted by molar-refractivity contribution is 6.02. The first-order chi connectivity index (χ1) is 8.52. The fraction of sp³-hybridized carbons (Fsp3) is 0.750. The fourth-order valence-corrected chi connectivity index (χ4v) is 2.04. The minimum absolute atomic E-state index is 0.0281. The van der Waals surface area contributed by atoms with Gasteiger partial charge >= 0.3 is 5.97 Å². The van der Waals surface area contributed by atoms with Crippen molar-refractivity contribution < 1.29 is 19.5 Å². The number of Topliss-reactive ketones (excluding diaryl/α,β-unsaturated/α-hetero) is 1. The first-order valence-corrected chi connectivity index (χ1v) is 6.31. The summed E-state index contributed by atoms with van der Waals surface area (Å²) < 4.78 is 0. The number of ketones is 1. The fourth-order valence-electron chi connectivity index (χ4n) is 2.04. The third kappa shape index (κ3) is 4.44. The highest BCUT2D eigenvalue weighted by Crippen LogP contribution is 2.21. The average Bonchev–Trinajstić information content (AvgIpc) is 2.74. The largest absolute Gasteiger partial charge is 0.480 e. The predicted octanol–water partition coefficient (Wildman–Crippen LogP) is 0.0540. The maximum atomic E-state index is 11.6. The number of carbonyl (C=O) groups excluding carboxylic acids is 2. The molecule has 0 aliphatic heterocycles. The Morgan fingerprint density at radius 3 is 2.72 bits per heavy atom. The molecule has 6 heteroatoms. The van der Waals surface area contributed by atoms with Crippen LogP contribution in [0.4, 0.5) is 0 Å². The van der Waals surface area contributed by atoms with Gasteiger partial charge in [-0.1, -0.05) is 0 Å². The molecule has 2 atom stereocenters. The highest BCUT2D eigenvalue weighted by atomic mass is 16.4. The molecule has 0 aromatic carbocycles. The Kier molecular flexibility index (Phi) is 5.77. The Morgan fingerprint density at radius 2 is 2.17 bits per heavy atom. The van der Waals surface area contributed by atoms with Crippen molar-refractivity contribution in [2.45, 2.75) is 44.6 Å². The second kappa shape index (κ2) is 7.10. The van der Waals surface area contributed by atoms with E-state index < -0.39 is 17.9 Å². The number of carboxylic acid groups (broad SMARTS) is 1. The molecule has 1 amide bonds. The second-order valence-electron chi connectivity index (χ2n) is 4.64. The van der Waals surface area contributed by atoms with Gasteiger partial charge in [0.2, 0.25) is 5.91 Å². The molecule has 1 saturated carbocycles. The summed E-state index contributed by atoms with van der Waals surface area (Å²) in [5.41, 5.74) is 5.34. The van der Waals surface area contributed by atoms with Crippen LogP contribution in [-0.2, 0) is 14.4 Å². The lowest BCUT2D eigenvalue weighted by Crippen LogP contribution is -2.34. The Morgan fingerprint density at radius 1 is 1.44 bits per heavy atom. The van der Waals surface area contributed by atoms with Gasteiger partial charge in [0.15, 0.2) is 0 Å². The Labute approximate surface area is 106 Å². The maximum Gasteiger partial charge on any atom is 0.320 e. The molecular formula is C12H20N2O4. The zero-order valence-corrected chi connectivity index (χ0v) is 10.4. The van der Waals surface area contributed by atoms with E-state index in [0.29, 0.717) is 38.6 Å². The molecule has 0 heterocycles. The van der Waals surface area contributed by atoms with Crippen LogP contribution in [0.15, 0.2) is 0 Å². The number of carboxylic acids is 1. The molecular weight excluding hydrogens is 236 g/mol. The van der Waals surface area contributed by atoms with Crippen LogP contribution in [0.5, 0.6) is 0 Å². The molecule has 0 aromatic heterocycles. The van der Waals surface area contributed by atoms with Crippen molar-refractivity contribution >= 4 is 17.7 Å². The van der Waals surface area contributed by atoms with Crippen LogP contribution < -0.4 is 11.1 Å². The molecule has 18 heavy (non-hydrogen) atoms. The molecule has 0 unspecified atom stereocenters. The molecule has 0 aromatic rings. The third-order valence-corrected chi connectivity index (χ3v) is 3.18. The molecule has 1 aliphatic rings. The van der Waals surface area contributed by atoms with E-state index in [0.717, 1.165) is 6.42 Å². The minimum atomic E-state index is -1.00. The number of hydrogen-bond donors (Lipinski definition) is 3. The van der Waals surface area contributed by atoms with Gasteiger partial charge in [-0.15, -0.1) is 0 Å². The lowest BCUT2D eigenvalue weighted by atomic mass is 10.1. The van der Waals surface area contributed by atoms with Gasteiger partial charge in [0, 0.05) is 13.0 Å². The predicted molar refractivity (Wildman–Crippen MR) is 64.8 cm³/mol. The van der Waals surface area contributed by atoms with Crippen LogP contribution in [0.25, 0.3) is 0 Å². The normalized spacial score (nSPS) is 20.7. The smallest absolute Gasteiger partial charge is 0.320 e. The first kappa shape index (κ1) is 14.6. The topological polar surface area (TPSA) is 109 Å². The van der Waals surface area contributed by atoms with Crippen LogP contribution in [-0.4, -0.2) is 35.4 Å². The summed E-state index contributed by atoms with van der Waals surface area (Å²) in [5, 5.41) is 11.3. The molecule has 0 bridgehead atoms. The van der Waals surface area contributed by atoms with Crippen molar-refractivity contribution in [3.8, 4) is 0 Å². The standard InChI is InChI=1S/C12H20N2O4/c13-9(12(17)18)5-1-2-7-14-11(16)8-4-3-6-10(8)15/h8-9H,1-7,13H2,(H,14,16)(H,17,18)/t8-,9+/m1/s1. The Bertz CT molecular complexity index is 330. The van der Waals surface area contributed by atoms with E-state index in [9.17, 15) is 14.4 Å². The second-order valence-corrected chi connectivity index (χ2v) is 4.64. The third-order valence-electron chi connectivity index (χ3n) is 3.18. The first-order valence-electron chi connectivity index (χ1n) is 6.31. The zero-order valence-electron chi connectivity index (χ0n) is 10.4. The van der Waals surface area contributed by atoms with Crippen LogP contribution in [0.3, 0.4) is 0 Å². The number of aliphatic carboxylic acids is 1. The summed E-state index contributed by atoms with van der Waals surface area (Å²) in [6.45, 7) is 0.467. The van der Waals surface area contributed by atoms with E-state index in [1.807, 2.05) is 0 Å². The van der Waals surface area contributed by atoms with Crippen LogP contribution in [0, 0.1) is 5.92 Å². The minimum Gasteiger partial charge on any atom is -0.480 e. The van der Waals surface area contributed by atoms with Gasteiger partial charge in [-0.3, -0.25) is 14.4 Å². The maximum absolute atomic E-state index is 11.6. The van der Waals surface area contributed by atoms with Gasteiger partial charge < -0.3 is 16.2 Å². The number of amides is 1. The van der Waals surface area contributed by atoms with Gasteiger partial charge in [-0.25, -0.2) is 0 Å². The molecule has 1 aliphatic carbocycles. The van der Waals surface area contributed by atoms with Gasteiger partial charge in [-0.05, 0) is 32.1 Å². The number of rotatable bonds is 7. The zero-order chi connectivity index (χ0) is 13.5. The number of nitrogens with one attached hydrogen (secondary N) is 1. The van der Waals surface area contributed by atoms with Gasteiger partial charge in [0.05, 0.1) is 5.92 Å². The average molecular weight is 256 g/mol. The van der Waals surface area contributed by atoms with Crippen molar-refractivity contribution in [2.75, 3.05) is 6.54 Å². The summed E-state index contributed by atoms with van der Waals surface area (Å²) in [4.78, 5) is 33.4. The van der Waals surface area contributed by atoms with Crippen molar-refractivity contribution in [2.24, 2.45) is 11.7 Å². The quantitative estimate of drug-likeness (QED) is 0.440. The SMILES string of the molecule is N[C@@H](CCCCNC(=O)[C@@H]1CCCC1=O)C(=O)O. The van der Waals surface area contributed by atoms with Crippen LogP contribution >= 0.6 is 0 Å². The summed E-state index contributed by atoms with van der Waals surface area (Å²) in [5.74, 6) is -1.64. The Balaban J connectivity index is 2.09. The lowest BCUT2D eigenvalue weighted by molar-refractivity contribution is -0.139. The molecule has 1 rings (SSSR count). The van der Waals surface area contributed by atoms with E-state index in [4.69, 9.17) is 10.8 Å².